The Morgan fingerprint density at radius 1 is 0.957 bits per heavy atom. The molecule has 0 saturated heterocycles. The van der Waals surface area contributed by atoms with Crippen LogP contribution in [0.2, 0.25) is 0 Å². The molecule has 5 rings (SSSR count). The number of methoxy groups -OCH3 is 1. The van der Waals surface area contributed by atoms with Gasteiger partial charge < -0.3 is 9.26 Å². The molecule has 1 aromatic carbocycles. The second-order valence-electron chi connectivity index (χ2n) is 17.3. The molecule has 0 heterocycles. The van der Waals surface area contributed by atoms with E-state index in [4.69, 9.17) is 13.8 Å². The zero-order valence-corrected chi connectivity index (χ0v) is 32.0. The van der Waals surface area contributed by atoms with Crippen molar-refractivity contribution in [2.45, 2.75) is 133 Å². The van der Waals surface area contributed by atoms with Crippen LogP contribution in [0.4, 0.5) is 0 Å². The molecular formula is C41H63O5P. The van der Waals surface area contributed by atoms with E-state index in [1.807, 2.05) is 18.2 Å². The van der Waals surface area contributed by atoms with E-state index in [2.05, 4.69) is 61.5 Å². The Morgan fingerprint density at radius 2 is 1.66 bits per heavy atom. The Hall–Kier alpha value is -1.84. The summed E-state index contributed by atoms with van der Waals surface area (Å²) in [6, 6.07) is 9.22. The monoisotopic (exact) mass is 666 g/mol. The second-order valence-corrected chi connectivity index (χ2v) is 19.3. The number of hydrogen-bond donors (Lipinski definition) is 0. The normalized spacial score (nSPS) is 35.4. The molecule has 0 N–H and O–H groups in total. The van der Waals surface area contributed by atoms with Gasteiger partial charge in [0.15, 0.2) is 0 Å². The van der Waals surface area contributed by atoms with E-state index in [9.17, 15) is 9.36 Å². The highest BCUT2D eigenvalue weighted by Crippen LogP contribution is 2.73. The number of esters is 1. The Bertz CT molecular complexity index is 1410. The maximum atomic E-state index is 14.6. The summed E-state index contributed by atoms with van der Waals surface area (Å²) < 4.78 is 32.4. The third kappa shape index (κ3) is 6.59. The quantitative estimate of drug-likeness (QED) is 0.134. The Labute approximate surface area is 286 Å². The van der Waals surface area contributed by atoms with Crippen molar-refractivity contribution in [3.8, 4) is 5.75 Å². The van der Waals surface area contributed by atoms with Crippen molar-refractivity contribution in [1.29, 1.82) is 0 Å². The molecule has 4 aliphatic rings. The maximum absolute atomic E-state index is 14.6. The average Bonchev–Trinajstić information content (AvgIpc) is 3.29. The van der Waals surface area contributed by atoms with Crippen LogP contribution in [-0.2, 0) is 18.6 Å². The molecule has 1 aromatic rings. The van der Waals surface area contributed by atoms with Gasteiger partial charge in [0.2, 0.25) is 0 Å². The van der Waals surface area contributed by atoms with Gasteiger partial charge in [-0.05, 0) is 130 Å². The van der Waals surface area contributed by atoms with Gasteiger partial charge in [0.05, 0.1) is 25.3 Å². The van der Waals surface area contributed by atoms with E-state index in [-0.39, 0.29) is 28.5 Å². The van der Waals surface area contributed by atoms with E-state index < -0.39 is 19.5 Å². The van der Waals surface area contributed by atoms with Crippen molar-refractivity contribution in [2.75, 3.05) is 13.3 Å². The predicted octanol–water partition coefficient (Wildman–Crippen LogP) is 11.6. The van der Waals surface area contributed by atoms with Gasteiger partial charge in [0.25, 0.3) is 0 Å². The highest BCUT2D eigenvalue weighted by atomic mass is 31.2. The first-order chi connectivity index (χ1) is 22.0. The molecule has 47 heavy (non-hydrogen) atoms. The van der Waals surface area contributed by atoms with Gasteiger partial charge in [-0.15, -0.1) is 0 Å². The van der Waals surface area contributed by atoms with Crippen LogP contribution < -0.4 is 4.52 Å². The van der Waals surface area contributed by atoms with Crippen molar-refractivity contribution in [2.24, 2.45) is 45.3 Å². The number of carbonyl (C=O) groups excluding carboxylic acids is 1. The van der Waals surface area contributed by atoms with Crippen molar-refractivity contribution < 1.29 is 23.1 Å². The maximum Gasteiger partial charge on any atom is 0.380 e. The second kappa shape index (κ2) is 13.5. The van der Waals surface area contributed by atoms with Crippen molar-refractivity contribution in [3.63, 3.8) is 0 Å². The van der Waals surface area contributed by atoms with E-state index >= 15 is 0 Å². The van der Waals surface area contributed by atoms with Crippen molar-refractivity contribution in [3.05, 3.63) is 53.1 Å². The van der Waals surface area contributed by atoms with E-state index in [0.717, 1.165) is 37.5 Å². The standard InChI is InChI=1S/C41H63O5P/c1-28(2)15-14-16-29(3)32-21-25-41(9)34-19-20-35-38(5,6)36(23-24-39(35,7)33(34)22-26-40(32,41)8)46-47(43,27-30(4)37(42)44-10)45-31-17-12-11-13-18-31/h11-13,15,17-18,29-30,32,35-36H,14,16,19-27H2,1-10H3/t29-,30+,32-,35?,36+,39-,40-,41+,47?/m1/s1. The Balaban J connectivity index is 1.39. The van der Waals surface area contributed by atoms with E-state index in [1.165, 1.54) is 51.2 Å². The Morgan fingerprint density at radius 3 is 2.32 bits per heavy atom. The lowest BCUT2D eigenvalue weighted by Crippen LogP contribution is -2.55. The molecule has 262 valence electrons. The summed E-state index contributed by atoms with van der Waals surface area (Å²) in [6.45, 7) is 21.2. The number of fused-ring (bicyclic) bond motifs is 4. The first-order valence-corrected chi connectivity index (χ1v) is 20.2. The molecule has 2 unspecified atom stereocenters. The van der Waals surface area contributed by atoms with Crippen LogP contribution in [0, 0.1) is 45.3 Å². The van der Waals surface area contributed by atoms with Crippen molar-refractivity contribution >= 4 is 13.6 Å². The molecule has 0 aromatic heterocycles. The first-order valence-electron chi connectivity index (χ1n) is 18.5. The number of benzene rings is 1. The van der Waals surface area contributed by atoms with Gasteiger partial charge in [-0.25, -0.2) is 4.57 Å². The van der Waals surface area contributed by atoms with Crippen molar-refractivity contribution in [1.82, 2.24) is 0 Å². The Kier molecular flexibility index (Phi) is 10.4. The molecular weight excluding hydrogens is 603 g/mol. The molecule has 2 fully saturated rings. The lowest BCUT2D eigenvalue weighted by Gasteiger charge is -2.62. The SMILES string of the molecule is COC(=O)[C@@H](C)CP(=O)(Oc1ccccc1)O[C@H]1CC[C@]2(C)C3=C(CCC2C1(C)C)[C@]1(C)CC[C@H]([C@H](C)CCC=C(C)C)[C@@]1(C)CC3. The molecule has 0 aliphatic heterocycles. The smallest absolute Gasteiger partial charge is 0.380 e. The summed E-state index contributed by atoms with van der Waals surface area (Å²) >= 11 is 0. The molecule has 0 amide bonds. The summed E-state index contributed by atoms with van der Waals surface area (Å²) in [5.41, 5.74) is 5.50. The van der Waals surface area contributed by atoms with Crippen LogP contribution >= 0.6 is 7.60 Å². The summed E-state index contributed by atoms with van der Waals surface area (Å²) in [5, 5.41) is 0. The first kappa shape index (κ1) is 36.4. The number of allylic oxidation sites excluding steroid dienone is 4. The summed E-state index contributed by atoms with van der Waals surface area (Å²) in [6.07, 6.45) is 14.0. The fourth-order valence-corrected chi connectivity index (χ4v) is 13.4. The van der Waals surface area contributed by atoms with Gasteiger partial charge >= 0.3 is 13.6 Å². The van der Waals surface area contributed by atoms with Crippen LogP contribution in [0.15, 0.2) is 53.1 Å². The zero-order chi connectivity index (χ0) is 34.4. The van der Waals surface area contributed by atoms with Gasteiger partial charge in [-0.1, -0.05) is 89.5 Å². The summed E-state index contributed by atoms with van der Waals surface area (Å²) in [7, 11) is -2.33. The van der Waals surface area contributed by atoms with E-state index in [0.29, 0.717) is 17.1 Å². The predicted molar refractivity (Wildman–Crippen MR) is 192 cm³/mol. The van der Waals surface area contributed by atoms with Gasteiger partial charge in [0.1, 0.15) is 5.75 Å². The molecule has 4 aliphatic carbocycles. The van der Waals surface area contributed by atoms with Crippen LogP contribution in [0.25, 0.3) is 0 Å². The molecule has 9 atom stereocenters. The third-order valence-corrected chi connectivity index (χ3v) is 16.1. The number of carbonyl (C=O) groups is 1. The minimum absolute atomic E-state index is 0.0107. The lowest BCUT2D eigenvalue weighted by atomic mass is 9.43. The lowest BCUT2D eigenvalue weighted by molar-refractivity contribution is -0.144. The number of para-hydroxylation sites is 1. The highest BCUT2D eigenvalue weighted by Gasteiger charge is 2.63. The van der Waals surface area contributed by atoms with Crippen LogP contribution in [-0.4, -0.2) is 25.3 Å². The fourth-order valence-electron chi connectivity index (χ4n) is 11.2. The number of rotatable bonds is 11. The number of hydrogen-bond acceptors (Lipinski definition) is 5. The van der Waals surface area contributed by atoms with Crippen LogP contribution in [0.1, 0.15) is 127 Å². The minimum atomic E-state index is -3.69. The molecule has 2 saturated carbocycles. The molecule has 0 spiro atoms. The minimum Gasteiger partial charge on any atom is -0.469 e. The zero-order valence-electron chi connectivity index (χ0n) is 31.1. The fraction of sp³-hybridized carbons (Fsp3) is 0.732. The number of ether oxygens (including phenoxy) is 1. The average molecular weight is 667 g/mol. The van der Waals surface area contributed by atoms with E-state index in [1.54, 1.807) is 30.2 Å². The molecule has 0 bridgehead atoms. The highest BCUT2D eigenvalue weighted by molar-refractivity contribution is 7.54. The largest absolute Gasteiger partial charge is 0.469 e. The summed E-state index contributed by atoms with van der Waals surface area (Å²) in [5.74, 6) is 1.44. The molecule has 0 radical (unpaired) electrons. The molecule has 5 nitrogen and oxygen atoms in total. The summed E-state index contributed by atoms with van der Waals surface area (Å²) in [4.78, 5) is 12.4. The van der Waals surface area contributed by atoms with Gasteiger partial charge in [-0.2, -0.15) is 0 Å². The molecule has 6 heteroatoms. The topological polar surface area (TPSA) is 61.8 Å². The third-order valence-electron chi connectivity index (χ3n) is 14.0. The van der Waals surface area contributed by atoms with Crippen LogP contribution in [0.3, 0.4) is 0 Å². The van der Waals surface area contributed by atoms with Crippen LogP contribution in [0.5, 0.6) is 5.75 Å². The van der Waals surface area contributed by atoms with Gasteiger partial charge in [0, 0.05) is 0 Å². The van der Waals surface area contributed by atoms with Gasteiger partial charge in [-0.3, -0.25) is 9.32 Å².